The average Bonchev–Trinajstić information content (AvgIpc) is 3.00. The van der Waals surface area contributed by atoms with E-state index < -0.39 is 11.9 Å². The summed E-state index contributed by atoms with van der Waals surface area (Å²) < 4.78 is 10.5. The van der Waals surface area contributed by atoms with Gasteiger partial charge in [-0.2, -0.15) is 0 Å². The minimum atomic E-state index is -0.534. The van der Waals surface area contributed by atoms with Gasteiger partial charge < -0.3 is 32.4 Å². The molecule has 5 aromatic rings. The van der Waals surface area contributed by atoms with E-state index in [0.717, 1.165) is 11.4 Å². The zero-order chi connectivity index (χ0) is 31.0. The van der Waals surface area contributed by atoms with Crippen molar-refractivity contribution in [2.75, 3.05) is 22.9 Å². The largest absolute Gasteiger partial charge is 0.423 e. The zero-order valence-electron chi connectivity index (χ0n) is 24.0. The molecule has 0 heterocycles. The highest BCUT2D eigenvalue weighted by atomic mass is 16.5. The number of anilines is 4. The van der Waals surface area contributed by atoms with Gasteiger partial charge in [0.15, 0.2) is 0 Å². The second-order valence-electron chi connectivity index (χ2n) is 10.4. The molecule has 5 aromatic carbocycles. The van der Waals surface area contributed by atoms with Crippen LogP contribution in [0.5, 0.6) is 11.5 Å². The van der Waals surface area contributed by atoms with E-state index in [9.17, 15) is 9.59 Å². The van der Waals surface area contributed by atoms with Crippen LogP contribution in [0.1, 0.15) is 45.7 Å². The van der Waals surface area contributed by atoms with Gasteiger partial charge in [-0.25, -0.2) is 9.59 Å². The lowest BCUT2D eigenvalue weighted by Gasteiger charge is -2.26. The highest BCUT2D eigenvalue weighted by Gasteiger charge is 2.22. The Hall–Kier alpha value is -5.76. The number of nitrogen functional groups attached to an aromatic ring is 4. The van der Waals surface area contributed by atoms with E-state index in [1.165, 1.54) is 35.4 Å². The summed E-state index contributed by atoms with van der Waals surface area (Å²) in [6, 6.07) is 35.0. The van der Waals surface area contributed by atoms with Crippen molar-refractivity contribution >= 4 is 34.7 Å². The van der Waals surface area contributed by atoms with Crippen molar-refractivity contribution in [2.24, 2.45) is 0 Å². The predicted molar refractivity (Wildman–Crippen MR) is 172 cm³/mol. The smallest absolute Gasteiger partial charge is 0.343 e. The van der Waals surface area contributed by atoms with Gasteiger partial charge in [-0.1, -0.05) is 38.1 Å². The van der Waals surface area contributed by atoms with Crippen LogP contribution in [0.3, 0.4) is 0 Å². The van der Waals surface area contributed by atoms with Crippen molar-refractivity contribution in [3.63, 3.8) is 0 Å². The number of nitrogens with two attached hydrogens (primary N) is 4. The minimum absolute atomic E-state index is 0.0403. The number of rotatable bonds is 6. The Balaban J connectivity index is 0.000000215. The number of hydrogen-bond acceptors (Lipinski definition) is 8. The summed E-state index contributed by atoms with van der Waals surface area (Å²) in [4.78, 5) is 24.2. The monoisotopic (exact) mass is 574 g/mol. The summed E-state index contributed by atoms with van der Waals surface area (Å²) in [5.41, 5.74) is 28.4. The maximum absolute atomic E-state index is 12.1. The van der Waals surface area contributed by atoms with Gasteiger partial charge in [0.25, 0.3) is 0 Å². The van der Waals surface area contributed by atoms with Crippen LogP contribution in [-0.2, 0) is 5.41 Å². The third-order valence-electron chi connectivity index (χ3n) is 6.80. The summed E-state index contributed by atoms with van der Waals surface area (Å²) in [6.07, 6.45) is 0. The summed E-state index contributed by atoms with van der Waals surface area (Å²) in [5.74, 6) is -0.298. The first-order valence-corrected chi connectivity index (χ1v) is 13.5. The van der Waals surface area contributed by atoms with Crippen LogP contribution < -0.4 is 32.4 Å². The van der Waals surface area contributed by atoms with Crippen molar-refractivity contribution in [1.82, 2.24) is 0 Å². The lowest BCUT2D eigenvalue weighted by atomic mass is 9.78. The predicted octanol–water partition coefficient (Wildman–Crippen LogP) is 6.47. The Labute approximate surface area is 250 Å². The van der Waals surface area contributed by atoms with Crippen LogP contribution in [0.15, 0.2) is 121 Å². The van der Waals surface area contributed by atoms with Gasteiger partial charge in [0.05, 0.1) is 11.1 Å². The van der Waals surface area contributed by atoms with E-state index in [2.05, 4.69) is 38.1 Å². The molecule has 0 fully saturated rings. The van der Waals surface area contributed by atoms with Crippen LogP contribution in [0.25, 0.3) is 0 Å². The Kier molecular flexibility index (Phi) is 9.32. The third kappa shape index (κ3) is 8.14. The van der Waals surface area contributed by atoms with Crippen molar-refractivity contribution in [2.45, 2.75) is 19.3 Å². The van der Waals surface area contributed by atoms with Gasteiger partial charge >= 0.3 is 11.9 Å². The summed E-state index contributed by atoms with van der Waals surface area (Å²) in [5, 5.41) is 0. The number of carbonyl (C=O) groups excluding carboxylic acids is 2. The molecule has 0 aromatic heterocycles. The molecule has 0 amide bonds. The molecule has 218 valence electrons. The normalized spacial score (nSPS) is 10.7. The quantitative estimate of drug-likeness (QED) is 0.102. The fraction of sp³-hybridized carbons (Fsp3) is 0.0857. The number of esters is 2. The van der Waals surface area contributed by atoms with Gasteiger partial charge in [0.1, 0.15) is 11.5 Å². The number of benzene rings is 5. The van der Waals surface area contributed by atoms with E-state index in [4.69, 9.17) is 32.4 Å². The van der Waals surface area contributed by atoms with Gasteiger partial charge in [-0.05, 0) is 108 Å². The highest BCUT2D eigenvalue weighted by molar-refractivity contribution is 5.95. The Bertz CT molecular complexity index is 1540. The molecule has 0 unspecified atom stereocenters. The van der Waals surface area contributed by atoms with Crippen LogP contribution in [0, 0.1) is 0 Å². The summed E-state index contributed by atoms with van der Waals surface area (Å²) in [6.45, 7) is 4.40. The molecule has 8 heteroatoms. The Morgan fingerprint density at radius 3 is 0.977 bits per heavy atom. The maximum Gasteiger partial charge on any atom is 0.343 e. The zero-order valence-corrected chi connectivity index (χ0v) is 24.0. The first kappa shape index (κ1) is 30.2. The Morgan fingerprint density at radius 1 is 0.442 bits per heavy atom. The molecule has 0 spiro atoms. The van der Waals surface area contributed by atoms with Gasteiger partial charge in [-0.3, -0.25) is 0 Å². The second-order valence-corrected chi connectivity index (χ2v) is 10.4. The third-order valence-corrected chi connectivity index (χ3v) is 6.80. The molecule has 0 radical (unpaired) electrons. The number of carbonyl (C=O) groups is 2. The molecule has 8 N–H and O–H groups in total. The minimum Gasteiger partial charge on any atom is -0.423 e. The summed E-state index contributed by atoms with van der Waals surface area (Å²) in [7, 11) is 0. The fourth-order valence-electron chi connectivity index (χ4n) is 4.11. The summed E-state index contributed by atoms with van der Waals surface area (Å²) >= 11 is 0. The van der Waals surface area contributed by atoms with Crippen LogP contribution in [0.4, 0.5) is 22.7 Å². The molecule has 0 aliphatic rings. The Morgan fingerprint density at radius 2 is 0.698 bits per heavy atom. The molecule has 5 rings (SSSR count). The highest BCUT2D eigenvalue weighted by Crippen LogP contribution is 2.32. The topological polar surface area (TPSA) is 157 Å². The van der Waals surface area contributed by atoms with E-state index in [1.807, 2.05) is 24.3 Å². The average molecular weight is 575 g/mol. The first-order chi connectivity index (χ1) is 20.5. The molecule has 0 saturated heterocycles. The molecule has 0 aliphatic heterocycles. The molecule has 0 atom stereocenters. The lowest BCUT2D eigenvalue weighted by molar-refractivity contribution is 0.0720. The molecule has 0 saturated carbocycles. The molecule has 8 nitrogen and oxygen atoms in total. The fourth-order valence-corrected chi connectivity index (χ4v) is 4.11. The number of ether oxygens (including phenoxy) is 2. The van der Waals surface area contributed by atoms with Crippen LogP contribution in [0.2, 0.25) is 0 Å². The van der Waals surface area contributed by atoms with E-state index in [1.54, 1.807) is 48.5 Å². The van der Waals surface area contributed by atoms with Gasteiger partial charge in [0.2, 0.25) is 0 Å². The van der Waals surface area contributed by atoms with E-state index >= 15 is 0 Å². The van der Waals surface area contributed by atoms with Gasteiger partial charge in [-0.15, -0.1) is 0 Å². The molecule has 0 aliphatic carbocycles. The lowest BCUT2D eigenvalue weighted by Crippen LogP contribution is -2.18. The molecule has 43 heavy (non-hydrogen) atoms. The second kappa shape index (κ2) is 13.3. The van der Waals surface area contributed by atoms with Crippen molar-refractivity contribution < 1.29 is 19.1 Å². The van der Waals surface area contributed by atoms with E-state index in [0.29, 0.717) is 34.0 Å². The standard InChI is InChI=1S/C20H16N2O4.C15H18N2/c21-15-5-9-17(10-6-15)25-19(23)13-1-2-14(4-3-13)20(24)26-18-11-7-16(22)8-12-18;1-15(2,11-3-7-13(16)8-4-11)12-5-9-14(17)10-6-12/h1-12H,21-22H2;3-10H,16-17H2,1-2H3. The first-order valence-electron chi connectivity index (χ1n) is 13.5. The van der Waals surface area contributed by atoms with E-state index in [-0.39, 0.29) is 5.41 Å². The van der Waals surface area contributed by atoms with Crippen molar-refractivity contribution in [3.05, 3.63) is 144 Å². The van der Waals surface area contributed by atoms with Crippen LogP contribution >= 0.6 is 0 Å². The molecule has 0 bridgehead atoms. The molecular weight excluding hydrogens is 540 g/mol. The van der Waals surface area contributed by atoms with Crippen LogP contribution in [-0.4, -0.2) is 11.9 Å². The van der Waals surface area contributed by atoms with Crippen molar-refractivity contribution in [3.8, 4) is 11.5 Å². The van der Waals surface area contributed by atoms with Gasteiger partial charge in [0, 0.05) is 28.2 Å². The maximum atomic E-state index is 12.1. The SMILES string of the molecule is CC(C)(c1ccc(N)cc1)c1ccc(N)cc1.Nc1ccc(OC(=O)c2ccc(C(=O)Oc3ccc(N)cc3)cc2)cc1. The van der Waals surface area contributed by atoms with Crippen molar-refractivity contribution in [1.29, 1.82) is 0 Å². The number of hydrogen-bond donors (Lipinski definition) is 4. The molecular formula is C35H34N4O4.